The summed E-state index contributed by atoms with van der Waals surface area (Å²) < 4.78 is 0. The normalized spacial score (nSPS) is 20.1. The van der Waals surface area contributed by atoms with E-state index in [1.54, 1.807) is 6.92 Å². The fourth-order valence-electron chi connectivity index (χ4n) is 1.94. The number of anilines is 1. The molecule has 1 fully saturated rings. The van der Waals surface area contributed by atoms with Gasteiger partial charge in [0.1, 0.15) is 5.00 Å². The minimum absolute atomic E-state index is 0.0645. The Hall–Kier alpha value is -1.40. The number of aliphatic hydroxyl groups is 1. The van der Waals surface area contributed by atoms with Crippen molar-refractivity contribution in [3.8, 4) is 0 Å². The third kappa shape index (κ3) is 1.94. The van der Waals surface area contributed by atoms with E-state index in [2.05, 4.69) is 0 Å². The van der Waals surface area contributed by atoms with Gasteiger partial charge in [-0.05, 0) is 19.4 Å². The topological polar surface area (TPSA) is 77.8 Å². The van der Waals surface area contributed by atoms with Gasteiger partial charge in [0, 0.05) is 4.88 Å². The van der Waals surface area contributed by atoms with Crippen LogP contribution in [0.5, 0.6) is 0 Å². The molecule has 1 saturated heterocycles. The zero-order chi connectivity index (χ0) is 12.7. The first kappa shape index (κ1) is 12.1. The molecular formula is C11H13NO4S. The van der Waals surface area contributed by atoms with Crippen molar-refractivity contribution in [2.24, 2.45) is 0 Å². The summed E-state index contributed by atoms with van der Waals surface area (Å²) in [5.41, 5.74) is 0.863. The molecule has 1 aliphatic rings. The highest BCUT2D eigenvalue weighted by atomic mass is 32.1. The number of rotatable bonds is 2. The lowest BCUT2D eigenvalue weighted by Crippen LogP contribution is -2.26. The Morgan fingerprint density at radius 3 is 2.59 bits per heavy atom. The second-order valence-corrected chi connectivity index (χ2v) is 5.33. The third-order valence-electron chi connectivity index (χ3n) is 2.93. The SMILES string of the molecule is Cc1sc(N2CC(O)CC2=O)c(C(=O)O)c1C. The van der Waals surface area contributed by atoms with Gasteiger partial charge in [0.05, 0.1) is 24.6 Å². The van der Waals surface area contributed by atoms with Gasteiger partial charge in [-0.15, -0.1) is 11.3 Å². The number of nitrogens with zero attached hydrogens (tertiary/aromatic N) is 1. The molecular weight excluding hydrogens is 242 g/mol. The van der Waals surface area contributed by atoms with Gasteiger partial charge in [0.2, 0.25) is 5.91 Å². The largest absolute Gasteiger partial charge is 0.478 e. The maximum Gasteiger partial charge on any atom is 0.339 e. The number of aromatic carboxylic acids is 1. The number of carboxylic acid groups (broad SMARTS) is 1. The molecule has 1 amide bonds. The van der Waals surface area contributed by atoms with Crippen LogP contribution in [0.1, 0.15) is 27.2 Å². The predicted molar refractivity (Wildman–Crippen MR) is 63.7 cm³/mol. The van der Waals surface area contributed by atoms with Gasteiger partial charge in [-0.3, -0.25) is 4.79 Å². The molecule has 1 unspecified atom stereocenters. The Balaban J connectivity index is 2.49. The number of carboxylic acids is 1. The highest BCUT2D eigenvalue weighted by Gasteiger charge is 2.34. The van der Waals surface area contributed by atoms with Gasteiger partial charge in [0.25, 0.3) is 0 Å². The highest BCUT2D eigenvalue weighted by molar-refractivity contribution is 7.16. The summed E-state index contributed by atoms with van der Waals surface area (Å²) in [4.78, 5) is 25.1. The minimum Gasteiger partial charge on any atom is -0.478 e. The molecule has 17 heavy (non-hydrogen) atoms. The van der Waals surface area contributed by atoms with Gasteiger partial charge in [-0.2, -0.15) is 0 Å². The van der Waals surface area contributed by atoms with Gasteiger partial charge < -0.3 is 15.1 Å². The lowest BCUT2D eigenvalue weighted by molar-refractivity contribution is -0.117. The molecule has 1 aromatic heterocycles. The quantitative estimate of drug-likeness (QED) is 0.831. The molecule has 0 saturated carbocycles. The number of hydrogen-bond acceptors (Lipinski definition) is 4. The smallest absolute Gasteiger partial charge is 0.339 e. The summed E-state index contributed by atoms with van der Waals surface area (Å²) >= 11 is 1.29. The first-order valence-electron chi connectivity index (χ1n) is 5.23. The average Bonchev–Trinajstić information content (AvgIpc) is 2.68. The summed E-state index contributed by atoms with van der Waals surface area (Å²) in [6.07, 6.45) is -0.637. The first-order valence-corrected chi connectivity index (χ1v) is 6.05. The van der Waals surface area contributed by atoms with E-state index >= 15 is 0 Å². The molecule has 5 nitrogen and oxygen atoms in total. The number of aliphatic hydroxyl groups excluding tert-OH is 1. The fourth-order valence-corrected chi connectivity index (χ4v) is 3.11. The molecule has 0 radical (unpaired) electrons. The molecule has 1 aromatic rings. The summed E-state index contributed by atoms with van der Waals surface area (Å²) in [5, 5.41) is 19.0. The van der Waals surface area contributed by atoms with Crippen LogP contribution in [0.3, 0.4) is 0 Å². The van der Waals surface area contributed by atoms with Crippen molar-refractivity contribution in [1.82, 2.24) is 0 Å². The number of amides is 1. The van der Waals surface area contributed by atoms with Crippen molar-refractivity contribution in [2.45, 2.75) is 26.4 Å². The van der Waals surface area contributed by atoms with Crippen molar-refractivity contribution in [1.29, 1.82) is 0 Å². The Labute approximate surface area is 102 Å². The van der Waals surface area contributed by atoms with Gasteiger partial charge in [0.15, 0.2) is 0 Å². The molecule has 6 heteroatoms. The van der Waals surface area contributed by atoms with E-state index in [9.17, 15) is 19.8 Å². The molecule has 92 valence electrons. The van der Waals surface area contributed by atoms with Crippen LogP contribution in [-0.2, 0) is 4.79 Å². The van der Waals surface area contributed by atoms with Gasteiger partial charge in [-0.1, -0.05) is 0 Å². The summed E-state index contributed by atoms with van der Waals surface area (Å²) in [5.74, 6) is -1.25. The van der Waals surface area contributed by atoms with Crippen LogP contribution in [0.2, 0.25) is 0 Å². The van der Waals surface area contributed by atoms with Crippen LogP contribution in [0, 0.1) is 13.8 Å². The van der Waals surface area contributed by atoms with Crippen molar-refractivity contribution in [2.75, 3.05) is 11.4 Å². The van der Waals surface area contributed by atoms with Crippen LogP contribution < -0.4 is 4.90 Å². The maximum atomic E-state index is 11.7. The molecule has 1 aliphatic heterocycles. The second kappa shape index (κ2) is 4.12. The Kier molecular flexibility index (Phi) is 2.92. The number of β-amino-alcohol motifs (C(OH)–C–C–N with tert-alkyl or cyclic N) is 1. The zero-order valence-corrected chi connectivity index (χ0v) is 10.4. The van der Waals surface area contributed by atoms with E-state index in [-0.39, 0.29) is 24.4 Å². The standard InChI is InChI=1S/C11H13NO4S/c1-5-6(2)17-10(9(5)11(15)16)12-4-7(13)3-8(12)14/h7,13H,3-4H2,1-2H3,(H,15,16). The van der Waals surface area contributed by atoms with Crippen molar-refractivity contribution in [3.05, 3.63) is 16.0 Å². The molecule has 0 bridgehead atoms. The van der Waals surface area contributed by atoms with E-state index < -0.39 is 12.1 Å². The van der Waals surface area contributed by atoms with Gasteiger partial charge >= 0.3 is 5.97 Å². The number of carbonyl (C=O) groups is 2. The first-order chi connectivity index (χ1) is 7.91. The van der Waals surface area contributed by atoms with Gasteiger partial charge in [-0.25, -0.2) is 4.79 Å². The van der Waals surface area contributed by atoms with E-state index in [1.807, 2.05) is 6.92 Å². The minimum atomic E-state index is -1.03. The van der Waals surface area contributed by atoms with E-state index in [4.69, 9.17) is 0 Å². The Bertz CT molecular complexity index is 494. The molecule has 2 rings (SSSR count). The monoisotopic (exact) mass is 255 g/mol. The fraction of sp³-hybridized carbons (Fsp3) is 0.455. The molecule has 0 spiro atoms. The Morgan fingerprint density at radius 2 is 2.12 bits per heavy atom. The second-order valence-electron chi connectivity index (χ2n) is 4.13. The lowest BCUT2D eigenvalue weighted by atomic mass is 10.1. The molecule has 1 atom stereocenters. The van der Waals surface area contributed by atoms with Crippen molar-refractivity contribution >= 4 is 28.2 Å². The zero-order valence-electron chi connectivity index (χ0n) is 9.56. The van der Waals surface area contributed by atoms with Crippen LogP contribution in [0.15, 0.2) is 0 Å². The maximum absolute atomic E-state index is 11.7. The summed E-state index contributed by atoms with van der Waals surface area (Å²) in [6, 6.07) is 0. The van der Waals surface area contributed by atoms with Crippen LogP contribution in [0.25, 0.3) is 0 Å². The highest BCUT2D eigenvalue weighted by Crippen LogP contribution is 2.37. The van der Waals surface area contributed by atoms with E-state index in [0.29, 0.717) is 10.6 Å². The molecule has 2 N–H and O–H groups in total. The average molecular weight is 255 g/mol. The third-order valence-corrected chi connectivity index (χ3v) is 4.16. The predicted octanol–water partition coefficient (Wildman–Crippen LogP) is 1.16. The summed E-state index contributed by atoms with van der Waals surface area (Å²) in [7, 11) is 0. The molecule has 2 heterocycles. The van der Waals surface area contributed by atoms with Crippen molar-refractivity contribution < 1.29 is 19.8 Å². The van der Waals surface area contributed by atoms with E-state index in [0.717, 1.165) is 4.88 Å². The molecule has 0 aliphatic carbocycles. The number of aryl methyl sites for hydroxylation is 1. The number of carbonyl (C=O) groups excluding carboxylic acids is 1. The Morgan fingerprint density at radius 1 is 1.47 bits per heavy atom. The number of thiophene rings is 1. The molecule has 0 aromatic carbocycles. The number of hydrogen-bond donors (Lipinski definition) is 2. The summed E-state index contributed by atoms with van der Waals surface area (Å²) in [6.45, 7) is 3.74. The van der Waals surface area contributed by atoms with E-state index in [1.165, 1.54) is 16.2 Å². The van der Waals surface area contributed by atoms with Crippen LogP contribution in [-0.4, -0.2) is 34.7 Å². The lowest BCUT2D eigenvalue weighted by Gasteiger charge is -2.14. The van der Waals surface area contributed by atoms with Crippen LogP contribution >= 0.6 is 11.3 Å². The van der Waals surface area contributed by atoms with Crippen molar-refractivity contribution in [3.63, 3.8) is 0 Å². The van der Waals surface area contributed by atoms with Crippen LogP contribution in [0.4, 0.5) is 5.00 Å².